The number of hydrogen-bond donors (Lipinski definition) is 1. The molecule has 1 amide bonds. The molecule has 3 rings (SSSR count). The molecule has 0 fully saturated rings. The smallest absolute Gasteiger partial charge is 0.244 e. The Labute approximate surface area is 163 Å². The second-order valence-corrected chi connectivity index (χ2v) is 6.34. The number of rotatable bonds is 7. The van der Waals surface area contributed by atoms with Gasteiger partial charge in [0.05, 0.1) is 19.1 Å². The van der Waals surface area contributed by atoms with Crippen LogP contribution in [0.15, 0.2) is 67.3 Å². The van der Waals surface area contributed by atoms with Crippen LogP contribution in [0.3, 0.4) is 0 Å². The van der Waals surface area contributed by atoms with Crippen LogP contribution in [0.5, 0.6) is 5.75 Å². The third kappa shape index (κ3) is 5.21. The molecule has 6 heteroatoms. The fourth-order valence-electron chi connectivity index (χ4n) is 2.62. The van der Waals surface area contributed by atoms with Gasteiger partial charge in [0.2, 0.25) is 5.91 Å². The summed E-state index contributed by atoms with van der Waals surface area (Å²) in [7, 11) is 1.62. The van der Waals surface area contributed by atoms with Crippen molar-refractivity contribution in [2.75, 3.05) is 13.7 Å². The predicted molar refractivity (Wildman–Crippen MR) is 107 cm³/mol. The fourth-order valence-corrected chi connectivity index (χ4v) is 2.75. The Hall–Kier alpha value is -3.05. The molecule has 3 aromatic rings. The Balaban J connectivity index is 1.56. The zero-order valence-corrected chi connectivity index (χ0v) is 15.7. The molecule has 27 heavy (non-hydrogen) atoms. The summed E-state index contributed by atoms with van der Waals surface area (Å²) in [4.78, 5) is 16.1. The van der Waals surface area contributed by atoms with E-state index >= 15 is 0 Å². The highest BCUT2D eigenvalue weighted by Gasteiger charge is 2.05. The molecule has 2 aromatic carbocycles. The summed E-state index contributed by atoms with van der Waals surface area (Å²) in [6.45, 7) is 0.563. The average Bonchev–Trinajstić information content (AvgIpc) is 3.22. The zero-order valence-electron chi connectivity index (χ0n) is 14.9. The summed E-state index contributed by atoms with van der Waals surface area (Å²) in [5.41, 5.74) is 2.90. The lowest BCUT2D eigenvalue weighted by Gasteiger charge is -2.09. The molecule has 0 atom stereocenters. The SMILES string of the molecule is COc1cc(/C=C/C(=O)NCCc2ccc(Cl)cc2)ccc1-n1ccnc1. The zero-order chi connectivity index (χ0) is 19.1. The molecule has 1 aromatic heterocycles. The number of nitrogens with zero attached hydrogens (tertiary/aromatic N) is 2. The fraction of sp³-hybridized carbons (Fsp3) is 0.143. The predicted octanol–water partition coefficient (Wildman–Crippen LogP) is 3.91. The van der Waals surface area contributed by atoms with E-state index in [1.54, 1.807) is 25.7 Å². The van der Waals surface area contributed by atoms with Gasteiger partial charge in [-0.25, -0.2) is 4.98 Å². The van der Waals surface area contributed by atoms with Gasteiger partial charge in [0.1, 0.15) is 5.75 Å². The van der Waals surface area contributed by atoms with Crippen LogP contribution < -0.4 is 10.1 Å². The summed E-state index contributed by atoms with van der Waals surface area (Å²) >= 11 is 5.86. The van der Waals surface area contributed by atoms with Crippen molar-refractivity contribution in [3.05, 3.63) is 83.4 Å². The Bertz CT molecular complexity index is 919. The Morgan fingerprint density at radius 2 is 2.07 bits per heavy atom. The highest BCUT2D eigenvalue weighted by Crippen LogP contribution is 2.24. The van der Waals surface area contributed by atoms with Crippen molar-refractivity contribution in [2.45, 2.75) is 6.42 Å². The topological polar surface area (TPSA) is 56.1 Å². The second kappa shape index (κ2) is 9.05. The quantitative estimate of drug-likeness (QED) is 0.631. The number of methoxy groups -OCH3 is 1. The van der Waals surface area contributed by atoms with Gasteiger partial charge in [-0.1, -0.05) is 29.8 Å². The number of carbonyl (C=O) groups is 1. The van der Waals surface area contributed by atoms with Crippen LogP contribution in [0.2, 0.25) is 5.02 Å². The third-order valence-electron chi connectivity index (χ3n) is 4.04. The van der Waals surface area contributed by atoms with Crippen LogP contribution in [-0.4, -0.2) is 29.1 Å². The van der Waals surface area contributed by atoms with Gasteiger partial charge < -0.3 is 14.6 Å². The lowest BCUT2D eigenvalue weighted by atomic mass is 10.1. The van der Waals surface area contributed by atoms with Crippen LogP contribution in [-0.2, 0) is 11.2 Å². The summed E-state index contributed by atoms with van der Waals surface area (Å²) in [6.07, 6.45) is 9.31. The van der Waals surface area contributed by atoms with Gasteiger partial charge >= 0.3 is 0 Å². The van der Waals surface area contributed by atoms with Crippen LogP contribution in [0.1, 0.15) is 11.1 Å². The van der Waals surface area contributed by atoms with E-state index in [0.29, 0.717) is 17.3 Å². The standard InChI is InChI=1S/C21H20ClN3O2/c1-27-20-14-17(4-8-19(20)25-13-12-23-15-25)5-9-21(26)24-11-10-16-2-6-18(22)7-3-16/h2-9,12-15H,10-11H2,1H3,(H,24,26)/b9-5+. The number of imidazole rings is 1. The summed E-state index contributed by atoms with van der Waals surface area (Å²) in [6, 6.07) is 13.3. The van der Waals surface area contributed by atoms with E-state index in [4.69, 9.17) is 16.3 Å². The first-order valence-corrected chi connectivity index (χ1v) is 8.90. The number of nitrogens with one attached hydrogen (secondary N) is 1. The van der Waals surface area contributed by atoms with Crippen LogP contribution in [0, 0.1) is 0 Å². The van der Waals surface area contributed by atoms with E-state index in [1.807, 2.05) is 53.2 Å². The third-order valence-corrected chi connectivity index (χ3v) is 4.29. The van der Waals surface area contributed by atoms with E-state index in [2.05, 4.69) is 10.3 Å². The van der Waals surface area contributed by atoms with Crippen LogP contribution in [0.4, 0.5) is 0 Å². The number of hydrogen-bond acceptors (Lipinski definition) is 3. The molecular weight excluding hydrogens is 362 g/mol. The van der Waals surface area contributed by atoms with E-state index in [9.17, 15) is 4.79 Å². The lowest BCUT2D eigenvalue weighted by molar-refractivity contribution is -0.116. The largest absolute Gasteiger partial charge is 0.495 e. The van der Waals surface area contributed by atoms with E-state index in [-0.39, 0.29) is 5.91 Å². The van der Waals surface area contributed by atoms with Gasteiger partial charge in [-0.05, 0) is 47.9 Å². The molecule has 0 saturated heterocycles. The lowest BCUT2D eigenvalue weighted by Crippen LogP contribution is -2.23. The number of ether oxygens (including phenoxy) is 1. The van der Waals surface area contributed by atoms with Gasteiger partial charge in [0.15, 0.2) is 0 Å². The molecule has 0 bridgehead atoms. The molecule has 0 saturated carbocycles. The second-order valence-electron chi connectivity index (χ2n) is 5.90. The van der Waals surface area contributed by atoms with Crippen LogP contribution in [0.25, 0.3) is 11.8 Å². The van der Waals surface area contributed by atoms with Crippen molar-refractivity contribution in [3.63, 3.8) is 0 Å². The van der Waals surface area contributed by atoms with Crippen molar-refractivity contribution in [2.24, 2.45) is 0 Å². The van der Waals surface area contributed by atoms with Crippen molar-refractivity contribution >= 4 is 23.6 Å². The van der Waals surface area contributed by atoms with Gasteiger partial charge in [-0.15, -0.1) is 0 Å². The first-order chi connectivity index (χ1) is 13.2. The molecule has 0 spiro atoms. The first-order valence-electron chi connectivity index (χ1n) is 8.52. The maximum absolute atomic E-state index is 12.0. The maximum atomic E-state index is 12.0. The normalized spacial score (nSPS) is 10.9. The summed E-state index contributed by atoms with van der Waals surface area (Å²) < 4.78 is 7.32. The summed E-state index contributed by atoms with van der Waals surface area (Å²) in [5.74, 6) is 0.569. The van der Waals surface area contributed by atoms with Crippen molar-refractivity contribution < 1.29 is 9.53 Å². The highest BCUT2D eigenvalue weighted by molar-refractivity contribution is 6.30. The minimum absolute atomic E-state index is 0.137. The van der Waals surface area contributed by atoms with Gasteiger partial charge in [0.25, 0.3) is 0 Å². The number of amides is 1. The minimum Gasteiger partial charge on any atom is -0.495 e. The van der Waals surface area contributed by atoms with Gasteiger partial charge in [-0.2, -0.15) is 0 Å². The van der Waals surface area contributed by atoms with Crippen molar-refractivity contribution in [1.82, 2.24) is 14.9 Å². The molecule has 0 aliphatic carbocycles. The summed E-state index contributed by atoms with van der Waals surface area (Å²) in [5, 5.41) is 3.58. The van der Waals surface area contributed by atoms with Gasteiger partial charge in [0, 0.05) is 30.0 Å². The average molecular weight is 382 g/mol. The number of benzene rings is 2. The first kappa shape index (κ1) is 18.7. The molecule has 0 aliphatic rings. The van der Waals surface area contributed by atoms with E-state index < -0.39 is 0 Å². The Kier molecular flexibility index (Phi) is 6.28. The Morgan fingerprint density at radius 3 is 2.78 bits per heavy atom. The van der Waals surface area contributed by atoms with E-state index in [1.165, 1.54) is 6.08 Å². The molecule has 0 radical (unpaired) electrons. The molecule has 138 valence electrons. The maximum Gasteiger partial charge on any atom is 0.244 e. The molecule has 1 N–H and O–H groups in total. The number of halogens is 1. The molecule has 0 aliphatic heterocycles. The van der Waals surface area contributed by atoms with Crippen molar-refractivity contribution in [1.29, 1.82) is 0 Å². The molecular formula is C21H20ClN3O2. The minimum atomic E-state index is -0.137. The van der Waals surface area contributed by atoms with Gasteiger partial charge in [-0.3, -0.25) is 4.79 Å². The molecule has 5 nitrogen and oxygen atoms in total. The number of carbonyl (C=O) groups excluding carboxylic acids is 1. The molecule has 0 unspecified atom stereocenters. The molecule has 1 heterocycles. The van der Waals surface area contributed by atoms with Crippen LogP contribution >= 0.6 is 11.6 Å². The monoisotopic (exact) mass is 381 g/mol. The Morgan fingerprint density at radius 1 is 1.26 bits per heavy atom. The number of aromatic nitrogens is 2. The van der Waals surface area contributed by atoms with Crippen molar-refractivity contribution in [3.8, 4) is 11.4 Å². The van der Waals surface area contributed by atoms with E-state index in [0.717, 1.165) is 23.2 Å². The highest BCUT2D eigenvalue weighted by atomic mass is 35.5.